The highest BCUT2D eigenvalue weighted by Gasteiger charge is 2.37. The van der Waals surface area contributed by atoms with Crippen LogP contribution in [0.2, 0.25) is 0 Å². The fraction of sp³-hybridized carbons (Fsp3) is 0.600. The first-order valence-electron chi connectivity index (χ1n) is 10.1. The molecule has 7 nitrogen and oxygen atoms in total. The molecule has 1 atom stereocenters. The Morgan fingerprint density at radius 3 is 2.53 bits per heavy atom. The van der Waals surface area contributed by atoms with Gasteiger partial charge in [0.1, 0.15) is 12.6 Å². The van der Waals surface area contributed by atoms with Crippen molar-refractivity contribution in [2.45, 2.75) is 31.5 Å². The van der Waals surface area contributed by atoms with Crippen LogP contribution in [0.4, 0.5) is 24.5 Å². The van der Waals surface area contributed by atoms with Gasteiger partial charge in [-0.1, -0.05) is 6.42 Å². The van der Waals surface area contributed by atoms with Crippen molar-refractivity contribution < 1.29 is 27.5 Å². The van der Waals surface area contributed by atoms with Gasteiger partial charge in [0, 0.05) is 31.0 Å². The fourth-order valence-electron chi connectivity index (χ4n) is 3.70. The maximum absolute atomic E-state index is 13.1. The Kier molecular flexibility index (Phi) is 7.32. The van der Waals surface area contributed by atoms with E-state index in [1.807, 2.05) is 0 Å². The van der Waals surface area contributed by atoms with E-state index < -0.39 is 24.7 Å². The Morgan fingerprint density at radius 1 is 1.30 bits per heavy atom. The van der Waals surface area contributed by atoms with Gasteiger partial charge in [0.25, 0.3) is 5.91 Å². The normalized spacial score (nSPS) is 19.0. The molecule has 10 heteroatoms. The van der Waals surface area contributed by atoms with Crippen LogP contribution in [-0.2, 0) is 14.3 Å². The van der Waals surface area contributed by atoms with Crippen LogP contribution in [0, 0.1) is 5.92 Å². The molecular formula is C20H27F3N4O3. The smallest absolute Gasteiger partial charge is 0.370 e. The number of benzene rings is 1. The minimum Gasteiger partial charge on any atom is -0.370 e. The minimum atomic E-state index is -4.41. The quantitative estimate of drug-likeness (QED) is 0.661. The third-order valence-electron chi connectivity index (χ3n) is 5.50. The average molecular weight is 428 g/mol. The minimum absolute atomic E-state index is 0.0205. The van der Waals surface area contributed by atoms with Crippen LogP contribution < -0.4 is 16.0 Å². The van der Waals surface area contributed by atoms with Crippen LogP contribution in [-0.4, -0.2) is 68.3 Å². The lowest BCUT2D eigenvalue weighted by Gasteiger charge is -2.36. The molecule has 3 rings (SSSR count). The summed E-state index contributed by atoms with van der Waals surface area (Å²) in [4.78, 5) is 27.4. The van der Waals surface area contributed by atoms with Gasteiger partial charge in [0.2, 0.25) is 5.91 Å². The SMILES string of the molecule is NC[C@@H](C(=O)Nc1ccc(N2CCOCC2=O)cc1)N(CC1CCC1)CC(F)(F)F. The molecule has 0 spiro atoms. The topological polar surface area (TPSA) is 87.9 Å². The molecule has 0 aromatic heterocycles. The summed E-state index contributed by atoms with van der Waals surface area (Å²) in [6.07, 6.45) is -1.67. The van der Waals surface area contributed by atoms with Crippen molar-refractivity contribution in [2.75, 3.05) is 49.6 Å². The molecule has 3 N–H and O–H groups in total. The van der Waals surface area contributed by atoms with Crippen LogP contribution in [0.25, 0.3) is 0 Å². The maximum Gasteiger partial charge on any atom is 0.401 e. The lowest BCUT2D eigenvalue weighted by Crippen LogP contribution is -2.53. The Hall–Kier alpha value is -2.17. The van der Waals surface area contributed by atoms with Gasteiger partial charge in [-0.25, -0.2) is 0 Å². The largest absolute Gasteiger partial charge is 0.401 e. The number of amides is 2. The molecule has 2 fully saturated rings. The van der Waals surface area contributed by atoms with Crippen LogP contribution in [0.3, 0.4) is 0 Å². The highest BCUT2D eigenvalue weighted by atomic mass is 19.4. The summed E-state index contributed by atoms with van der Waals surface area (Å²) in [7, 11) is 0. The van der Waals surface area contributed by atoms with E-state index >= 15 is 0 Å². The van der Waals surface area contributed by atoms with Crippen LogP contribution in [0.5, 0.6) is 0 Å². The first-order valence-corrected chi connectivity index (χ1v) is 10.1. The van der Waals surface area contributed by atoms with Crippen molar-refractivity contribution in [1.29, 1.82) is 0 Å². The monoisotopic (exact) mass is 428 g/mol. The summed E-state index contributed by atoms with van der Waals surface area (Å²) in [6.45, 7) is -0.281. The van der Waals surface area contributed by atoms with Crippen molar-refractivity contribution in [3.05, 3.63) is 24.3 Å². The number of nitrogens with two attached hydrogens (primary N) is 1. The number of anilines is 2. The average Bonchev–Trinajstić information content (AvgIpc) is 2.65. The number of alkyl halides is 3. The van der Waals surface area contributed by atoms with E-state index in [4.69, 9.17) is 10.5 Å². The molecule has 0 bridgehead atoms. The molecule has 1 aliphatic carbocycles. The van der Waals surface area contributed by atoms with Gasteiger partial charge in [-0.3, -0.25) is 14.5 Å². The number of carbonyl (C=O) groups excluding carboxylic acids is 2. The summed E-state index contributed by atoms with van der Waals surface area (Å²) in [5, 5.41) is 2.65. The number of carbonyl (C=O) groups is 2. The molecular weight excluding hydrogens is 401 g/mol. The third-order valence-corrected chi connectivity index (χ3v) is 5.50. The molecule has 0 unspecified atom stereocenters. The van der Waals surface area contributed by atoms with Gasteiger partial charge < -0.3 is 20.7 Å². The number of nitrogens with one attached hydrogen (secondary N) is 1. The Morgan fingerprint density at radius 2 is 2.00 bits per heavy atom. The second kappa shape index (κ2) is 9.76. The first kappa shape index (κ1) is 22.5. The number of morpholine rings is 1. The molecule has 1 saturated carbocycles. The number of hydrogen-bond donors (Lipinski definition) is 2. The fourth-order valence-corrected chi connectivity index (χ4v) is 3.70. The van der Waals surface area contributed by atoms with E-state index in [-0.39, 0.29) is 31.5 Å². The lowest BCUT2D eigenvalue weighted by atomic mass is 9.85. The van der Waals surface area contributed by atoms with Crippen molar-refractivity contribution in [3.63, 3.8) is 0 Å². The van der Waals surface area contributed by atoms with Gasteiger partial charge in [0.15, 0.2) is 0 Å². The van der Waals surface area contributed by atoms with Crippen molar-refractivity contribution >= 4 is 23.2 Å². The molecule has 1 aromatic rings. The van der Waals surface area contributed by atoms with E-state index in [0.717, 1.165) is 24.2 Å². The Bertz CT molecular complexity index is 738. The number of halogens is 3. The summed E-state index contributed by atoms with van der Waals surface area (Å²) >= 11 is 0. The molecule has 1 saturated heterocycles. The predicted molar refractivity (Wildman–Crippen MR) is 106 cm³/mol. The van der Waals surface area contributed by atoms with E-state index in [0.29, 0.717) is 24.5 Å². The molecule has 30 heavy (non-hydrogen) atoms. The molecule has 1 aliphatic heterocycles. The second-order valence-electron chi connectivity index (χ2n) is 7.73. The molecule has 2 aliphatic rings. The number of nitrogens with zero attached hydrogens (tertiary/aromatic N) is 2. The van der Waals surface area contributed by atoms with Gasteiger partial charge in [-0.15, -0.1) is 0 Å². The van der Waals surface area contributed by atoms with Gasteiger partial charge >= 0.3 is 6.18 Å². The highest BCUT2D eigenvalue weighted by Crippen LogP contribution is 2.29. The van der Waals surface area contributed by atoms with Crippen LogP contribution in [0.15, 0.2) is 24.3 Å². The van der Waals surface area contributed by atoms with Gasteiger partial charge in [-0.05, 0) is 43.0 Å². The number of rotatable bonds is 8. The standard InChI is InChI=1S/C20H27F3N4O3/c21-20(22,23)13-26(11-14-2-1-3-14)17(10-24)19(29)25-15-4-6-16(7-5-15)27-8-9-30-12-18(27)28/h4-7,14,17H,1-3,8-13,24H2,(H,25,29)/t17-/m0/s1. The summed E-state index contributed by atoms with van der Waals surface area (Å²) in [6, 6.07) is 5.51. The lowest BCUT2D eigenvalue weighted by molar-refractivity contribution is -0.155. The zero-order valence-electron chi connectivity index (χ0n) is 16.7. The number of hydrogen-bond acceptors (Lipinski definition) is 5. The summed E-state index contributed by atoms with van der Waals surface area (Å²) < 4.78 is 44.3. The van der Waals surface area contributed by atoms with E-state index in [9.17, 15) is 22.8 Å². The molecule has 1 heterocycles. The van der Waals surface area contributed by atoms with E-state index in [1.54, 1.807) is 29.2 Å². The summed E-state index contributed by atoms with van der Waals surface area (Å²) in [5.41, 5.74) is 6.79. The molecule has 0 radical (unpaired) electrons. The molecule has 2 amide bonds. The number of ether oxygens (including phenoxy) is 1. The van der Waals surface area contributed by atoms with E-state index in [2.05, 4.69) is 5.32 Å². The van der Waals surface area contributed by atoms with Crippen molar-refractivity contribution in [2.24, 2.45) is 11.7 Å². The van der Waals surface area contributed by atoms with Gasteiger partial charge in [0.05, 0.1) is 13.2 Å². The first-order chi connectivity index (χ1) is 14.3. The zero-order valence-corrected chi connectivity index (χ0v) is 16.7. The third kappa shape index (κ3) is 5.93. The van der Waals surface area contributed by atoms with Crippen LogP contribution >= 0.6 is 0 Å². The van der Waals surface area contributed by atoms with E-state index in [1.165, 1.54) is 0 Å². The molecule has 166 valence electrons. The van der Waals surface area contributed by atoms with Crippen molar-refractivity contribution in [3.8, 4) is 0 Å². The Labute approximate surface area is 173 Å². The predicted octanol–water partition coefficient (Wildman–Crippen LogP) is 1.98. The molecule has 1 aromatic carbocycles. The highest BCUT2D eigenvalue weighted by molar-refractivity contribution is 5.97. The second-order valence-corrected chi connectivity index (χ2v) is 7.73. The summed E-state index contributed by atoms with van der Waals surface area (Å²) in [5.74, 6) is -0.559. The van der Waals surface area contributed by atoms with Gasteiger partial charge in [-0.2, -0.15) is 13.2 Å². The Balaban J connectivity index is 1.65. The maximum atomic E-state index is 13.1. The van der Waals surface area contributed by atoms with Crippen LogP contribution in [0.1, 0.15) is 19.3 Å². The van der Waals surface area contributed by atoms with Crippen molar-refractivity contribution in [1.82, 2.24) is 4.90 Å². The zero-order chi connectivity index (χ0) is 21.7.